The van der Waals surface area contributed by atoms with Crippen LogP contribution in [0.15, 0.2) is 11.6 Å². The highest BCUT2D eigenvalue weighted by Crippen LogP contribution is 2.14. The quantitative estimate of drug-likeness (QED) is 0.109. The van der Waals surface area contributed by atoms with E-state index >= 15 is 0 Å². The smallest absolute Gasteiger partial charge is 0.349 e. The summed E-state index contributed by atoms with van der Waals surface area (Å²) in [4.78, 5) is 11.1. The Labute approximate surface area is 174 Å². The minimum Gasteiger partial charge on any atom is -0.461 e. The molecule has 27 heavy (non-hydrogen) atoms. The zero-order chi connectivity index (χ0) is 20.0. The normalized spacial score (nSPS) is 10.9. The molecule has 0 rings (SSSR count). The van der Waals surface area contributed by atoms with Gasteiger partial charge in [-0.25, -0.2) is 4.79 Å². The van der Waals surface area contributed by atoms with Gasteiger partial charge in [0.15, 0.2) is 0 Å². The van der Waals surface area contributed by atoms with Crippen LogP contribution in [0, 0.1) is 0 Å². The number of ether oxygens (including phenoxy) is 1. The third-order valence-corrected chi connectivity index (χ3v) is 5.36. The first-order valence-electron chi connectivity index (χ1n) is 11.7. The van der Waals surface area contributed by atoms with Crippen molar-refractivity contribution < 1.29 is 9.53 Å². The highest BCUT2D eigenvalue weighted by Gasteiger charge is 2.03. The summed E-state index contributed by atoms with van der Waals surface area (Å²) in [5, 5.41) is -0.0344. The van der Waals surface area contributed by atoms with Crippen LogP contribution in [0.1, 0.15) is 129 Å². The number of rotatable bonds is 21. The minimum absolute atomic E-state index is 0.0344. The van der Waals surface area contributed by atoms with Gasteiger partial charge in [-0.1, -0.05) is 141 Å². The Kier molecular flexibility index (Phi) is 21.4. The lowest BCUT2D eigenvalue weighted by Crippen LogP contribution is -2.04. The van der Waals surface area contributed by atoms with Gasteiger partial charge in [-0.05, 0) is 6.42 Å². The number of halogens is 1. The van der Waals surface area contributed by atoms with Gasteiger partial charge in [0.2, 0.25) is 0 Å². The van der Waals surface area contributed by atoms with E-state index in [0.717, 1.165) is 12.8 Å². The predicted molar refractivity (Wildman–Crippen MR) is 119 cm³/mol. The van der Waals surface area contributed by atoms with E-state index in [1.165, 1.54) is 109 Å². The van der Waals surface area contributed by atoms with Gasteiger partial charge in [0.25, 0.3) is 0 Å². The van der Waals surface area contributed by atoms with Crippen molar-refractivity contribution in [3.63, 3.8) is 0 Å². The van der Waals surface area contributed by atoms with Crippen molar-refractivity contribution in [1.82, 2.24) is 0 Å². The van der Waals surface area contributed by atoms with E-state index < -0.39 is 5.97 Å². The van der Waals surface area contributed by atoms with Crippen molar-refractivity contribution in [2.75, 3.05) is 6.61 Å². The van der Waals surface area contributed by atoms with Crippen LogP contribution in [0.5, 0.6) is 0 Å². The fraction of sp³-hybridized carbons (Fsp3) is 0.875. The fourth-order valence-corrected chi connectivity index (χ4v) is 3.48. The van der Waals surface area contributed by atoms with Gasteiger partial charge in [0.05, 0.1) is 6.61 Å². The molecule has 0 spiro atoms. The van der Waals surface area contributed by atoms with Gasteiger partial charge in [0, 0.05) is 0 Å². The average Bonchev–Trinajstić information content (AvgIpc) is 2.66. The molecule has 0 N–H and O–H groups in total. The van der Waals surface area contributed by atoms with Crippen molar-refractivity contribution >= 4 is 17.6 Å². The number of carbonyl (C=O) groups is 1. The largest absolute Gasteiger partial charge is 0.461 e. The third-order valence-electron chi connectivity index (χ3n) is 5.20. The lowest BCUT2D eigenvalue weighted by molar-refractivity contribution is -0.138. The maximum atomic E-state index is 11.1. The molecule has 0 saturated carbocycles. The minimum atomic E-state index is -0.487. The van der Waals surface area contributed by atoms with Crippen molar-refractivity contribution in [2.24, 2.45) is 0 Å². The molecule has 0 bridgehead atoms. The van der Waals surface area contributed by atoms with Gasteiger partial charge < -0.3 is 4.74 Å². The van der Waals surface area contributed by atoms with E-state index in [4.69, 9.17) is 16.3 Å². The summed E-state index contributed by atoms with van der Waals surface area (Å²) in [6, 6.07) is 0. The van der Waals surface area contributed by atoms with Crippen LogP contribution in [0.25, 0.3) is 0 Å². The van der Waals surface area contributed by atoms with Crippen molar-refractivity contribution in [3.8, 4) is 0 Å². The molecule has 2 nitrogen and oxygen atoms in total. The molecule has 0 atom stereocenters. The first-order valence-corrected chi connectivity index (χ1v) is 12.1. The lowest BCUT2D eigenvalue weighted by atomic mass is 10.0. The lowest BCUT2D eigenvalue weighted by Gasteiger charge is -2.04. The predicted octanol–water partition coefficient (Wildman–Crippen LogP) is 8.71. The van der Waals surface area contributed by atoms with E-state index in [1.807, 2.05) is 0 Å². The summed E-state index contributed by atoms with van der Waals surface area (Å²) >= 11 is 5.45. The molecule has 3 heteroatoms. The van der Waals surface area contributed by atoms with Crippen LogP contribution in [0.2, 0.25) is 0 Å². The molecule has 0 aliphatic carbocycles. The third kappa shape index (κ3) is 21.7. The van der Waals surface area contributed by atoms with E-state index in [2.05, 4.69) is 13.5 Å². The number of hydrogen-bond donors (Lipinski definition) is 0. The Morgan fingerprint density at radius 2 is 0.926 bits per heavy atom. The fourth-order valence-electron chi connectivity index (χ4n) is 3.42. The summed E-state index contributed by atoms with van der Waals surface area (Å²) in [5.41, 5.74) is 0. The van der Waals surface area contributed by atoms with Gasteiger partial charge in [-0.3, -0.25) is 0 Å². The van der Waals surface area contributed by atoms with E-state index in [-0.39, 0.29) is 5.03 Å². The summed E-state index contributed by atoms with van der Waals surface area (Å²) in [6.45, 7) is 6.09. The summed E-state index contributed by atoms with van der Waals surface area (Å²) in [6.07, 6.45) is 25.9. The van der Waals surface area contributed by atoms with Crippen LogP contribution in [-0.4, -0.2) is 12.6 Å². The van der Waals surface area contributed by atoms with Crippen molar-refractivity contribution in [1.29, 1.82) is 0 Å². The molecule has 0 saturated heterocycles. The van der Waals surface area contributed by atoms with Crippen LogP contribution in [0.4, 0.5) is 0 Å². The Balaban J connectivity index is 3.05. The van der Waals surface area contributed by atoms with Crippen LogP contribution < -0.4 is 0 Å². The molecule has 0 aliphatic heterocycles. The van der Waals surface area contributed by atoms with Gasteiger partial charge in [-0.2, -0.15) is 0 Å². The van der Waals surface area contributed by atoms with E-state index in [0.29, 0.717) is 6.61 Å². The molecule has 0 aliphatic rings. The molecule has 0 unspecified atom stereocenters. The Bertz CT molecular complexity index is 341. The maximum absolute atomic E-state index is 11.1. The standard InChI is InChI=1S/C24H45ClO2/c1-3-4-5-6-7-8-9-10-11-12-13-14-15-16-17-18-19-20-21-22-27-24(26)23(2)25/h2-22H2,1H3. The Hall–Kier alpha value is -0.500. The molecule has 0 heterocycles. The van der Waals surface area contributed by atoms with E-state index in [9.17, 15) is 4.79 Å². The second kappa shape index (κ2) is 21.8. The average molecular weight is 401 g/mol. The first kappa shape index (κ1) is 26.5. The van der Waals surface area contributed by atoms with Crippen LogP contribution in [-0.2, 0) is 9.53 Å². The second-order valence-corrected chi connectivity index (χ2v) is 8.36. The maximum Gasteiger partial charge on any atom is 0.349 e. The highest BCUT2D eigenvalue weighted by molar-refractivity contribution is 6.40. The molecular formula is C24H45ClO2. The van der Waals surface area contributed by atoms with Crippen LogP contribution in [0.3, 0.4) is 0 Å². The van der Waals surface area contributed by atoms with Gasteiger partial charge in [0.1, 0.15) is 5.03 Å². The summed E-state index contributed by atoms with van der Waals surface area (Å²) in [7, 11) is 0. The Morgan fingerprint density at radius 3 is 1.22 bits per heavy atom. The number of esters is 1. The molecule has 160 valence electrons. The van der Waals surface area contributed by atoms with E-state index in [1.54, 1.807) is 0 Å². The summed E-state index contributed by atoms with van der Waals surface area (Å²) < 4.78 is 4.97. The summed E-state index contributed by atoms with van der Waals surface area (Å²) in [5.74, 6) is -0.487. The van der Waals surface area contributed by atoms with Crippen LogP contribution >= 0.6 is 11.6 Å². The zero-order valence-electron chi connectivity index (χ0n) is 18.0. The molecule has 0 aromatic carbocycles. The molecule has 0 fully saturated rings. The van der Waals surface area contributed by atoms with Gasteiger partial charge in [-0.15, -0.1) is 0 Å². The molecule has 0 aromatic heterocycles. The highest BCUT2D eigenvalue weighted by atomic mass is 35.5. The monoisotopic (exact) mass is 400 g/mol. The molecule has 0 amide bonds. The zero-order valence-corrected chi connectivity index (χ0v) is 18.8. The SMILES string of the molecule is C=C(Cl)C(=O)OCCCCCCCCCCCCCCCCCCCCC. The Morgan fingerprint density at radius 1 is 0.630 bits per heavy atom. The number of carbonyl (C=O) groups excluding carboxylic acids is 1. The first-order chi connectivity index (χ1) is 13.2. The topological polar surface area (TPSA) is 26.3 Å². The van der Waals surface area contributed by atoms with Gasteiger partial charge >= 0.3 is 5.97 Å². The number of unbranched alkanes of at least 4 members (excludes halogenated alkanes) is 18. The number of hydrogen-bond acceptors (Lipinski definition) is 2. The second-order valence-electron chi connectivity index (χ2n) is 7.90. The van der Waals surface area contributed by atoms with Crippen molar-refractivity contribution in [2.45, 2.75) is 129 Å². The molecule has 0 aromatic rings. The van der Waals surface area contributed by atoms with Crippen molar-refractivity contribution in [3.05, 3.63) is 11.6 Å². The molecular weight excluding hydrogens is 356 g/mol. The molecule has 0 radical (unpaired) electrons.